The predicted octanol–water partition coefficient (Wildman–Crippen LogP) is 5.66. The lowest BCUT2D eigenvalue weighted by Crippen LogP contribution is -2.62. The third-order valence-electron chi connectivity index (χ3n) is 4.53. The van der Waals surface area contributed by atoms with Crippen molar-refractivity contribution in [2.24, 2.45) is 5.92 Å². The van der Waals surface area contributed by atoms with E-state index in [9.17, 15) is 35.1 Å². The van der Waals surface area contributed by atoms with Crippen LogP contribution in [0.1, 0.15) is 64.7 Å². The molecule has 10 heteroatoms. The molecule has 0 atom stereocenters. The molecule has 0 saturated heterocycles. The highest BCUT2D eigenvalue weighted by atomic mass is 19.4. The third-order valence-corrected chi connectivity index (χ3v) is 4.53. The molecule has 0 rings (SSSR count). The molecule has 0 unspecified atom stereocenters. The van der Waals surface area contributed by atoms with Gasteiger partial charge in [0.25, 0.3) is 0 Å². The number of unbranched alkanes of at least 4 members (excludes halogenated alkanes) is 4. The number of hydrogen-bond acceptors (Lipinski definition) is 2. The number of aliphatic hydroxyl groups is 2. The summed E-state index contributed by atoms with van der Waals surface area (Å²) in [5, 5.41) is 17.5. The van der Waals surface area contributed by atoms with Crippen LogP contribution in [0.15, 0.2) is 0 Å². The van der Waals surface area contributed by atoms with Gasteiger partial charge < -0.3 is 10.2 Å². The first-order chi connectivity index (χ1) is 12.3. The van der Waals surface area contributed by atoms with Gasteiger partial charge in [-0.05, 0) is 19.3 Å². The number of halogens is 8. The first-order valence-electron chi connectivity index (χ1n) is 9.03. The zero-order valence-electron chi connectivity index (χ0n) is 15.3. The quantitative estimate of drug-likeness (QED) is 0.267. The van der Waals surface area contributed by atoms with Crippen LogP contribution in [0.4, 0.5) is 35.1 Å². The van der Waals surface area contributed by atoms with E-state index >= 15 is 0 Å². The molecular weight excluding hydrogens is 388 g/mol. The molecule has 0 bridgehead atoms. The first-order valence-corrected chi connectivity index (χ1v) is 9.03. The van der Waals surface area contributed by atoms with E-state index in [1.54, 1.807) is 0 Å². The van der Waals surface area contributed by atoms with Crippen LogP contribution in [0, 0.1) is 5.92 Å². The lowest BCUT2D eigenvalue weighted by Gasteiger charge is -2.37. The van der Waals surface area contributed by atoms with Gasteiger partial charge in [-0.25, -0.2) is 0 Å². The molecule has 0 aliphatic heterocycles. The maximum absolute atomic E-state index is 13.7. The SMILES string of the molecule is CCCCCCCC(F)(F)C(F)(F)C(F)(F)C(F)(F)CCCC(CO)CO. The van der Waals surface area contributed by atoms with Crippen LogP contribution in [0.5, 0.6) is 0 Å². The zero-order valence-corrected chi connectivity index (χ0v) is 15.3. The summed E-state index contributed by atoms with van der Waals surface area (Å²) in [5.74, 6) is -24.0. The van der Waals surface area contributed by atoms with Crippen molar-refractivity contribution in [1.82, 2.24) is 0 Å². The predicted molar refractivity (Wildman–Crippen MR) is 84.7 cm³/mol. The van der Waals surface area contributed by atoms with Crippen molar-refractivity contribution in [3.8, 4) is 0 Å². The van der Waals surface area contributed by atoms with Crippen LogP contribution in [-0.4, -0.2) is 47.1 Å². The highest BCUT2D eigenvalue weighted by Crippen LogP contribution is 2.55. The van der Waals surface area contributed by atoms with E-state index in [0.717, 1.165) is 6.42 Å². The van der Waals surface area contributed by atoms with Crippen LogP contribution in [0.3, 0.4) is 0 Å². The smallest absolute Gasteiger partial charge is 0.378 e. The van der Waals surface area contributed by atoms with Gasteiger partial charge in [0.1, 0.15) is 0 Å². The monoisotopic (exact) mass is 416 g/mol. The Morgan fingerprint density at radius 1 is 0.630 bits per heavy atom. The van der Waals surface area contributed by atoms with Crippen LogP contribution < -0.4 is 0 Å². The zero-order chi connectivity index (χ0) is 21.4. The van der Waals surface area contributed by atoms with Gasteiger partial charge in [0.15, 0.2) is 0 Å². The minimum absolute atomic E-state index is 0.116. The van der Waals surface area contributed by atoms with E-state index in [4.69, 9.17) is 10.2 Å². The molecule has 0 aromatic rings. The molecule has 0 amide bonds. The van der Waals surface area contributed by atoms with Crippen LogP contribution >= 0.6 is 0 Å². The number of hydrogen-bond donors (Lipinski definition) is 2. The summed E-state index contributed by atoms with van der Waals surface area (Å²) in [5.41, 5.74) is 0. The van der Waals surface area contributed by atoms with E-state index in [2.05, 4.69) is 0 Å². The van der Waals surface area contributed by atoms with Gasteiger partial charge in [0, 0.05) is 32.0 Å². The van der Waals surface area contributed by atoms with E-state index in [-0.39, 0.29) is 12.8 Å². The molecule has 2 nitrogen and oxygen atoms in total. The fraction of sp³-hybridized carbons (Fsp3) is 1.00. The second-order valence-electron chi connectivity index (χ2n) is 6.85. The van der Waals surface area contributed by atoms with Crippen LogP contribution in [0.2, 0.25) is 0 Å². The van der Waals surface area contributed by atoms with Gasteiger partial charge >= 0.3 is 23.7 Å². The fourth-order valence-electron chi connectivity index (χ4n) is 2.58. The van der Waals surface area contributed by atoms with Crippen molar-refractivity contribution >= 4 is 0 Å². The van der Waals surface area contributed by atoms with Crippen molar-refractivity contribution in [2.75, 3.05) is 13.2 Å². The molecule has 27 heavy (non-hydrogen) atoms. The highest BCUT2D eigenvalue weighted by Gasteiger charge is 2.79. The molecule has 0 spiro atoms. The highest BCUT2D eigenvalue weighted by molar-refractivity contribution is 5.03. The molecule has 0 heterocycles. The van der Waals surface area contributed by atoms with Gasteiger partial charge in [0.2, 0.25) is 0 Å². The van der Waals surface area contributed by atoms with Crippen molar-refractivity contribution < 1.29 is 45.3 Å². The Labute approximate surface area is 153 Å². The third kappa shape index (κ3) is 6.73. The molecule has 0 aromatic heterocycles. The largest absolute Gasteiger partial charge is 0.396 e. The van der Waals surface area contributed by atoms with E-state index in [0.29, 0.717) is 12.8 Å². The standard InChI is InChI=1S/C17H28F8O2/c1-2-3-4-5-6-9-14(18,19)16(22,23)17(24,25)15(20,21)10-7-8-13(11-26)12-27/h13,26-27H,2-12H2,1H3. The molecule has 0 radical (unpaired) electrons. The van der Waals surface area contributed by atoms with Gasteiger partial charge in [-0.15, -0.1) is 0 Å². The average molecular weight is 416 g/mol. The first kappa shape index (κ1) is 26.4. The minimum atomic E-state index is -6.24. The Morgan fingerprint density at radius 3 is 1.44 bits per heavy atom. The number of alkyl halides is 8. The summed E-state index contributed by atoms with van der Waals surface area (Å²) in [6.07, 6.45) is -2.93. The molecule has 2 N–H and O–H groups in total. The maximum atomic E-state index is 13.7. The minimum Gasteiger partial charge on any atom is -0.396 e. The topological polar surface area (TPSA) is 40.5 Å². The second-order valence-corrected chi connectivity index (χ2v) is 6.85. The van der Waals surface area contributed by atoms with E-state index in [1.807, 2.05) is 6.92 Å². The van der Waals surface area contributed by atoms with Crippen LogP contribution in [-0.2, 0) is 0 Å². The summed E-state index contributed by atoms with van der Waals surface area (Å²) in [6, 6.07) is 0. The van der Waals surface area contributed by atoms with Crippen molar-refractivity contribution in [3.63, 3.8) is 0 Å². The van der Waals surface area contributed by atoms with Crippen molar-refractivity contribution in [2.45, 2.75) is 88.4 Å². The summed E-state index contributed by atoms with van der Waals surface area (Å²) < 4.78 is 110. The van der Waals surface area contributed by atoms with Gasteiger partial charge in [-0.1, -0.05) is 32.6 Å². The molecule has 0 aromatic carbocycles. The lowest BCUT2D eigenvalue weighted by molar-refractivity contribution is -0.368. The lowest BCUT2D eigenvalue weighted by atomic mass is 9.91. The van der Waals surface area contributed by atoms with Crippen LogP contribution in [0.25, 0.3) is 0 Å². The van der Waals surface area contributed by atoms with E-state index in [1.165, 1.54) is 0 Å². The molecule has 0 aliphatic carbocycles. The Morgan fingerprint density at radius 2 is 1.04 bits per heavy atom. The number of aliphatic hydroxyl groups excluding tert-OH is 2. The normalized spacial score (nSPS) is 14.2. The molecular formula is C17H28F8O2. The fourth-order valence-corrected chi connectivity index (χ4v) is 2.58. The van der Waals surface area contributed by atoms with Gasteiger partial charge in [-0.2, -0.15) is 35.1 Å². The maximum Gasteiger partial charge on any atom is 0.378 e. The Bertz CT molecular complexity index is 412. The average Bonchev–Trinajstić information content (AvgIpc) is 2.58. The van der Waals surface area contributed by atoms with Gasteiger partial charge in [0.05, 0.1) is 0 Å². The number of rotatable bonds is 15. The Balaban J connectivity index is 5.02. The van der Waals surface area contributed by atoms with Crippen molar-refractivity contribution in [3.05, 3.63) is 0 Å². The summed E-state index contributed by atoms with van der Waals surface area (Å²) in [4.78, 5) is 0. The molecule has 0 saturated carbocycles. The summed E-state index contributed by atoms with van der Waals surface area (Å²) in [7, 11) is 0. The summed E-state index contributed by atoms with van der Waals surface area (Å²) >= 11 is 0. The van der Waals surface area contributed by atoms with E-state index < -0.39 is 68.5 Å². The van der Waals surface area contributed by atoms with Crippen molar-refractivity contribution in [1.29, 1.82) is 0 Å². The summed E-state index contributed by atoms with van der Waals surface area (Å²) in [6.45, 7) is 0.615. The molecule has 0 fully saturated rings. The van der Waals surface area contributed by atoms with Gasteiger partial charge in [-0.3, -0.25) is 0 Å². The molecule has 0 aliphatic rings. The Hall–Kier alpha value is -0.640. The Kier molecular flexibility index (Phi) is 10.5. The molecule has 164 valence electrons. The second kappa shape index (κ2) is 10.8.